The highest BCUT2D eigenvalue weighted by atomic mass is 127. The van der Waals surface area contributed by atoms with Crippen LogP contribution in [0.1, 0.15) is 5.56 Å². The molecule has 0 amide bonds. The van der Waals surface area contributed by atoms with Gasteiger partial charge < -0.3 is 10.1 Å². The van der Waals surface area contributed by atoms with Crippen LogP contribution in [0.3, 0.4) is 0 Å². The molecular formula is C12H17ClINO. The Morgan fingerprint density at radius 1 is 1.50 bits per heavy atom. The standard InChI is InChI=1S/C12H16INO.ClH/c1-3-6-14-7-8-15-11-4-5-12(13)10(2)9-11;/h3-5,9,14H,1,6-8H2,2H3;1H. The molecule has 0 atom stereocenters. The molecule has 0 aliphatic carbocycles. The second-order valence-electron chi connectivity index (χ2n) is 3.25. The lowest BCUT2D eigenvalue weighted by Gasteiger charge is -2.07. The molecule has 0 fully saturated rings. The zero-order valence-corrected chi connectivity index (χ0v) is 12.3. The lowest BCUT2D eigenvalue weighted by Crippen LogP contribution is -2.20. The van der Waals surface area contributed by atoms with Crippen LogP contribution in [0, 0.1) is 10.5 Å². The van der Waals surface area contributed by atoms with E-state index >= 15 is 0 Å². The summed E-state index contributed by atoms with van der Waals surface area (Å²) in [6, 6.07) is 6.14. The fraction of sp³-hybridized carbons (Fsp3) is 0.333. The zero-order valence-electron chi connectivity index (χ0n) is 9.33. The highest BCUT2D eigenvalue weighted by Crippen LogP contribution is 2.18. The molecule has 90 valence electrons. The normalized spacial score (nSPS) is 9.38. The Balaban J connectivity index is 0.00000225. The smallest absolute Gasteiger partial charge is 0.119 e. The Kier molecular flexibility index (Phi) is 8.70. The minimum atomic E-state index is 0. The Hall–Kier alpha value is -0.260. The van der Waals surface area contributed by atoms with E-state index < -0.39 is 0 Å². The fourth-order valence-corrected chi connectivity index (χ4v) is 1.49. The van der Waals surface area contributed by atoms with Gasteiger partial charge in [-0.05, 0) is 53.3 Å². The van der Waals surface area contributed by atoms with Gasteiger partial charge in [-0.2, -0.15) is 0 Å². The van der Waals surface area contributed by atoms with E-state index in [0.29, 0.717) is 6.61 Å². The van der Waals surface area contributed by atoms with Crippen LogP contribution in [0.25, 0.3) is 0 Å². The largest absolute Gasteiger partial charge is 0.492 e. The predicted octanol–water partition coefficient (Wildman–Crippen LogP) is 3.18. The van der Waals surface area contributed by atoms with E-state index in [1.807, 2.05) is 12.1 Å². The molecule has 0 saturated heterocycles. The van der Waals surface area contributed by atoms with E-state index in [4.69, 9.17) is 4.74 Å². The SMILES string of the molecule is C=CCNCCOc1ccc(I)c(C)c1.Cl. The molecule has 16 heavy (non-hydrogen) atoms. The Morgan fingerprint density at radius 3 is 2.88 bits per heavy atom. The maximum absolute atomic E-state index is 5.59. The maximum atomic E-state index is 5.59. The van der Waals surface area contributed by atoms with Crippen molar-refractivity contribution in [3.8, 4) is 5.75 Å². The first-order valence-corrected chi connectivity index (χ1v) is 6.02. The summed E-state index contributed by atoms with van der Waals surface area (Å²) in [6.07, 6.45) is 1.84. The fourth-order valence-electron chi connectivity index (χ4n) is 1.15. The van der Waals surface area contributed by atoms with E-state index in [2.05, 4.69) is 53.5 Å². The van der Waals surface area contributed by atoms with Crippen molar-refractivity contribution in [3.05, 3.63) is 40.0 Å². The highest BCUT2D eigenvalue weighted by Gasteiger charge is 1.97. The van der Waals surface area contributed by atoms with Crippen LogP contribution < -0.4 is 10.1 Å². The number of ether oxygens (including phenoxy) is 1. The number of hydrogen-bond acceptors (Lipinski definition) is 2. The maximum Gasteiger partial charge on any atom is 0.119 e. The molecule has 0 saturated carbocycles. The summed E-state index contributed by atoms with van der Waals surface area (Å²) in [7, 11) is 0. The average molecular weight is 354 g/mol. The van der Waals surface area contributed by atoms with Crippen molar-refractivity contribution >= 4 is 35.0 Å². The summed E-state index contributed by atoms with van der Waals surface area (Å²) in [5, 5.41) is 3.19. The Labute approximate surface area is 117 Å². The lowest BCUT2D eigenvalue weighted by atomic mass is 10.2. The van der Waals surface area contributed by atoms with E-state index in [-0.39, 0.29) is 12.4 Å². The van der Waals surface area contributed by atoms with Gasteiger partial charge in [0.15, 0.2) is 0 Å². The summed E-state index contributed by atoms with van der Waals surface area (Å²) in [5.41, 5.74) is 1.26. The van der Waals surface area contributed by atoms with Crippen molar-refractivity contribution in [3.63, 3.8) is 0 Å². The van der Waals surface area contributed by atoms with Crippen molar-refractivity contribution in [2.45, 2.75) is 6.92 Å². The molecule has 2 nitrogen and oxygen atoms in total. The molecule has 0 spiro atoms. The number of benzene rings is 1. The van der Waals surface area contributed by atoms with Crippen molar-refractivity contribution in [2.75, 3.05) is 19.7 Å². The monoisotopic (exact) mass is 353 g/mol. The van der Waals surface area contributed by atoms with Crippen molar-refractivity contribution in [1.82, 2.24) is 5.32 Å². The number of nitrogens with one attached hydrogen (secondary N) is 1. The summed E-state index contributed by atoms with van der Waals surface area (Å²) in [4.78, 5) is 0. The second-order valence-corrected chi connectivity index (χ2v) is 4.41. The minimum Gasteiger partial charge on any atom is -0.492 e. The first-order valence-electron chi connectivity index (χ1n) is 4.94. The van der Waals surface area contributed by atoms with Crippen LogP contribution in [-0.4, -0.2) is 19.7 Å². The molecule has 1 N–H and O–H groups in total. The first kappa shape index (κ1) is 15.7. The summed E-state index contributed by atoms with van der Waals surface area (Å²) in [6.45, 7) is 8.08. The lowest BCUT2D eigenvalue weighted by molar-refractivity contribution is 0.316. The van der Waals surface area contributed by atoms with Crippen molar-refractivity contribution in [1.29, 1.82) is 0 Å². The molecule has 0 aliphatic heterocycles. The zero-order chi connectivity index (χ0) is 11.1. The van der Waals surface area contributed by atoms with Gasteiger partial charge >= 0.3 is 0 Å². The van der Waals surface area contributed by atoms with Gasteiger partial charge in [0.05, 0.1) is 0 Å². The van der Waals surface area contributed by atoms with Gasteiger partial charge in [-0.1, -0.05) is 6.08 Å². The van der Waals surface area contributed by atoms with Crippen LogP contribution in [0.2, 0.25) is 0 Å². The van der Waals surface area contributed by atoms with Gasteiger partial charge in [0, 0.05) is 16.7 Å². The summed E-state index contributed by atoms with van der Waals surface area (Å²) in [5.74, 6) is 0.938. The molecule has 4 heteroatoms. The molecule has 0 unspecified atom stereocenters. The van der Waals surface area contributed by atoms with E-state index in [9.17, 15) is 0 Å². The van der Waals surface area contributed by atoms with Crippen LogP contribution in [-0.2, 0) is 0 Å². The van der Waals surface area contributed by atoms with Gasteiger partial charge in [0.1, 0.15) is 12.4 Å². The van der Waals surface area contributed by atoms with E-state index in [1.165, 1.54) is 9.13 Å². The molecular weight excluding hydrogens is 336 g/mol. The van der Waals surface area contributed by atoms with Crippen LogP contribution in [0.5, 0.6) is 5.75 Å². The number of hydrogen-bond donors (Lipinski definition) is 1. The summed E-state index contributed by atoms with van der Waals surface area (Å²) >= 11 is 2.32. The van der Waals surface area contributed by atoms with Gasteiger partial charge in [-0.3, -0.25) is 0 Å². The number of aryl methyl sites for hydroxylation is 1. The van der Waals surface area contributed by atoms with Crippen molar-refractivity contribution < 1.29 is 4.74 Å². The van der Waals surface area contributed by atoms with E-state index in [0.717, 1.165) is 18.8 Å². The number of rotatable bonds is 6. The molecule has 0 heterocycles. The third-order valence-corrected chi connectivity index (χ3v) is 3.18. The Bertz CT molecular complexity index is 331. The minimum absolute atomic E-state index is 0. The topological polar surface area (TPSA) is 21.3 Å². The van der Waals surface area contributed by atoms with Crippen molar-refractivity contribution in [2.24, 2.45) is 0 Å². The molecule has 1 aromatic rings. The van der Waals surface area contributed by atoms with Gasteiger partial charge in [0.25, 0.3) is 0 Å². The quantitative estimate of drug-likeness (QED) is 0.482. The number of halogens is 2. The third-order valence-electron chi connectivity index (χ3n) is 1.97. The first-order chi connectivity index (χ1) is 7.24. The Morgan fingerprint density at radius 2 is 2.25 bits per heavy atom. The molecule has 0 bridgehead atoms. The molecule has 1 rings (SSSR count). The molecule has 1 aromatic carbocycles. The van der Waals surface area contributed by atoms with E-state index in [1.54, 1.807) is 0 Å². The second kappa shape index (κ2) is 8.84. The average Bonchev–Trinajstić information content (AvgIpc) is 2.23. The predicted molar refractivity (Wildman–Crippen MR) is 79.7 cm³/mol. The van der Waals surface area contributed by atoms with Crippen LogP contribution in [0.15, 0.2) is 30.9 Å². The molecule has 0 aliphatic rings. The van der Waals surface area contributed by atoms with Gasteiger partial charge in [0.2, 0.25) is 0 Å². The van der Waals surface area contributed by atoms with Crippen LogP contribution in [0.4, 0.5) is 0 Å². The van der Waals surface area contributed by atoms with Gasteiger partial charge in [-0.15, -0.1) is 19.0 Å². The highest BCUT2D eigenvalue weighted by molar-refractivity contribution is 14.1. The molecule has 0 radical (unpaired) electrons. The third kappa shape index (κ3) is 5.72. The van der Waals surface area contributed by atoms with Gasteiger partial charge in [-0.25, -0.2) is 0 Å². The molecule has 0 aromatic heterocycles. The van der Waals surface area contributed by atoms with Crippen LogP contribution >= 0.6 is 35.0 Å². The summed E-state index contributed by atoms with van der Waals surface area (Å²) < 4.78 is 6.86.